The molecule has 0 aliphatic carbocycles. The number of benzene rings is 3. The van der Waals surface area contributed by atoms with Crippen LogP contribution in [0.15, 0.2) is 94.9 Å². The van der Waals surface area contributed by atoms with Crippen molar-refractivity contribution in [3.63, 3.8) is 0 Å². The standard InChI is InChI=1S/C27H25N3O3S/c1-18-13-15-22(16-14-18)30-26(33)19(2)25(32)29-27(30)34-17-23(31)28-24(20-9-5-3-6-10-20)21-11-7-4-8-12-21/h3-16,24,32H,17H2,1-2H3,(H,28,31). The number of hydrogen-bond donors (Lipinski definition) is 2. The van der Waals surface area contributed by atoms with E-state index in [1.165, 1.54) is 11.5 Å². The van der Waals surface area contributed by atoms with Gasteiger partial charge in [-0.1, -0.05) is 90.1 Å². The first kappa shape index (κ1) is 23.3. The lowest BCUT2D eigenvalue weighted by Crippen LogP contribution is -2.31. The SMILES string of the molecule is Cc1ccc(-n2c(SCC(=O)NC(c3ccccc3)c3ccccc3)nc(O)c(C)c2=O)cc1. The van der Waals surface area contributed by atoms with Gasteiger partial charge in [-0.3, -0.25) is 14.2 Å². The quantitative estimate of drug-likeness (QED) is 0.305. The van der Waals surface area contributed by atoms with E-state index in [0.717, 1.165) is 28.5 Å². The van der Waals surface area contributed by atoms with Crippen LogP contribution < -0.4 is 10.9 Å². The third kappa shape index (κ3) is 5.21. The molecule has 1 aromatic heterocycles. The predicted molar refractivity (Wildman–Crippen MR) is 135 cm³/mol. The summed E-state index contributed by atoms with van der Waals surface area (Å²) in [4.78, 5) is 30.1. The fourth-order valence-electron chi connectivity index (χ4n) is 3.58. The smallest absolute Gasteiger partial charge is 0.265 e. The number of nitrogens with one attached hydrogen (secondary N) is 1. The Morgan fingerprint density at radius 3 is 2.06 bits per heavy atom. The maximum absolute atomic E-state index is 13.0. The first-order valence-corrected chi connectivity index (χ1v) is 11.8. The number of aryl methyl sites for hydroxylation is 1. The Morgan fingerprint density at radius 2 is 1.50 bits per heavy atom. The lowest BCUT2D eigenvalue weighted by atomic mass is 9.99. The van der Waals surface area contributed by atoms with Gasteiger partial charge < -0.3 is 10.4 Å². The van der Waals surface area contributed by atoms with Crippen LogP contribution in [0.5, 0.6) is 5.88 Å². The first-order valence-electron chi connectivity index (χ1n) is 10.9. The molecule has 0 saturated heterocycles. The molecule has 0 aliphatic heterocycles. The van der Waals surface area contributed by atoms with Crippen molar-refractivity contribution < 1.29 is 9.90 Å². The van der Waals surface area contributed by atoms with Gasteiger partial charge in [-0.25, -0.2) is 0 Å². The largest absolute Gasteiger partial charge is 0.493 e. The van der Waals surface area contributed by atoms with Crippen molar-refractivity contribution in [2.75, 3.05) is 5.75 Å². The van der Waals surface area contributed by atoms with E-state index >= 15 is 0 Å². The van der Waals surface area contributed by atoms with Crippen LogP contribution in [0.4, 0.5) is 0 Å². The van der Waals surface area contributed by atoms with Gasteiger partial charge >= 0.3 is 0 Å². The number of thioether (sulfide) groups is 1. The van der Waals surface area contributed by atoms with Crippen LogP contribution in [-0.4, -0.2) is 26.3 Å². The third-order valence-corrected chi connectivity index (χ3v) is 6.39. The van der Waals surface area contributed by atoms with Crippen molar-refractivity contribution in [1.82, 2.24) is 14.9 Å². The monoisotopic (exact) mass is 471 g/mol. The van der Waals surface area contributed by atoms with Gasteiger partial charge in [-0.05, 0) is 37.1 Å². The van der Waals surface area contributed by atoms with E-state index in [-0.39, 0.29) is 39.9 Å². The zero-order valence-electron chi connectivity index (χ0n) is 18.9. The molecular formula is C27H25N3O3S. The van der Waals surface area contributed by atoms with E-state index in [1.807, 2.05) is 91.9 Å². The lowest BCUT2D eigenvalue weighted by molar-refractivity contribution is -0.119. The van der Waals surface area contributed by atoms with Crippen LogP contribution in [0.3, 0.4) is 0 Å². The molecule has 0 unspecified atom stereocenters. The zero-order valence-corrected chi connectivity index (χ0v) is 19.8. The van der Waals surface area contributed by atoms with Crippen molar-refractivity contribution >= 4 is 17.7 Å². The highest BCUT2D eigenvalue weighted by molar-refractivity contribution is 7.99. The molecular weight excluding hydrogens is 446 g/mol. The second-order valence-corrected chi connectivity index (χ2v) is 8.87. The van der Waals surface area contributed by atoms with Gasteiger partial charge in [0, 0.05) is 0 Å². The van der Waals surface area contributed by atoms with E-state index < -0.39 is 0 Å². The summed E-state index contributed by atoms with van der Waals surface area (Å²) >= 11 is 1.10. The maximum Gasteiger partial charge on any atom is 0.265 e. The van der Waals surface area contributed by atoms with E-state index in [1.54, 1.807) is 0 Å². The number of carbonyl (C=O) groups excluding carboxylic acids is 1. The lowest BCUT2D eigenvalue weighted by Gasteiger charge is -2.20. The predicted octanol–water partition coefficient (Wildman–Crippen LogP) is 4.55. The average molecular weight is 472 g/mol. The minimum atomic E-state index is -0.370. The second kappa shape index (κ2) is 10.4. The average Bonchev–Trinajstić information content (AvgIpc) is 2.86. The Hall–Kier alpha value is -3.84. The summed E-state index contributed by atoms with van der Waals surface area (Å²) in [6.07, 6.45) is 0. The van der Waals surface area contributed by atoms with Crippen molar-refractivity contribution in [3.05, 3.63) is 118 Å². The topological polar surface area (TPSA) is 84.2 Å². The van der Waals surface area contributed by atoms with Crippen molar-refractivity contribution in [2.45, 2.75) is 25.0 Å². The highest BCUT2D eigenvalue weighted by atomic mass is 32.2. The van der Waals surface area contributed by atoms with Gasteiger partial charge in [0.25, 0.3) is 5.56 Å². The number of aromatic hydroxyl groups is 1. The molecule has 1 amide bonds. The molecule has 34 heavy (non-hydrogen) atoms. The van der Waals surface area contributed by atoms with Gasteiger partial charge in [0.2, 0.25) is 11.8 Å². The molecule has 4 rings (SSSR count). The highest BCUT2D eigenvalue weighted by Crippen LogP contribution is 2.25. The fourth-order valence-corrected chi connectivity index (χ4v) is 4.39. The second-order valence-electron chi connectivity index (χ2n) is 7.93. The number of amides is 1. The van der Waals surface area contributed by atoms with Crippen LogP contribution in [0.2, 0.25) is 0 Å². The number of carbonyl (C=O) groups is 1. The molecule has 1 heterocycles. The summed E-state index contributed by atoms with van der Waals surface area (Å²) in [6, 6.07) is 26.6. The molecule has 6 nitrogen and oxygen atoms in total. The van der Waals surface area contributed by atoms with E-state index in [4.69, 9.17) is 0 Å². The van der Waals surface area contributed by atoms with Crippen molar-refractivity contribution in [3.8, 4) is 11.6 Å². The van der Waals surface area contributed by atoms with Crippen LogP contribution in [0.1, 0.15) is 28.3 Å². The van der Waals surface area contributed by atoms with Gasteiger partial charge in [-0.15, -0.1) is 0 Å². The molecule has 0 bridgehead atoms. The van der Waals surface area contributed by atoms with Gasteiger partial charge in [0.1, 0.15) is 0 Å². The molecule has 3 aromatic carbocycles. The van der Waals surface area contributed by atoms with Crippen LogP contribution >= 0.6 is 11.8 Å². The summed E-state index contributed by atoms with van der Waals surface area (Å²) in [5.41, 5.74) is 3.40. The molecule has 0 atom stereocenters. The Labute approximate surface area is 202 Å². The fraction of sp³-hybridized carbons (Fsp3) is 0.148. The molecule has 2 N–H and O–H groups in total. The van der Waals surface area contributed by atoms with Gasteiger partial charge in [-0.2, -0.15) is 4.98 Å². The number of hydrogen-bond acceptors (Lipinski definition) is 5. The minimum absolute atomic E-state index is 0.0248. The van der Waals surface area contributed by atoms with Crippen molar-refractivity contribution in [1.29, 1.82) is 0 Å². The Kier molecular flexibility index (Phi) is 7.13. The zero-order chi connectivity index (χ0) is 24.1. The van der Waals surface area contributed by atoms with E-state index in [9.17, 15) is 14.7 Å². The number of aromatic nitrogens is 2. The molecule has 0 saturated carbocycles. The normalized spacial score (nSPS) is 10.9. The Balaban J connectivity index is 1.59. The molecule has 4 aromatic rings. The number of nitrogens with zero attached hydrogens (tertiary/aromatic N) is 2. The summed E-state index contributed by atoms with van der Waals surface area (Å²) < 4.78 is 1.43. The molecule has 172 valence electrons. The summed E-state index contributed by atoms with van der Waals surface area (Å²) in [5.74, 6) is -0.521. The Bertz CT molecular complexity index is 1300. The highest BCUT2D eigenvalue weighted by Gasteiger charge is 2.19. The summed E-state index contributed by atoms with van der Waals surface area (Å²) in [5, 5.41) is 13.5. The van der Waals surface area contributed by atoms with Crippen LogP contribution in [0.25, 0.3) is 5.69 Å². The Morgan fingerprint density at radius 1 is 0.941 bits per heavy atom. The van der Waals surface area contributed by atoms with E-state index in [0.29, 0.717) is 5.69 Å². The molecule has 0 fully saturated rings. The minimum Gasteiger partial charge on any atom is -0.493 e. The van der Waals surface area contributed by atoms with Gasteiger partial charge in [0.05, 0.1) is 23.0 Å². The molecule has 0 radical (unpaired) electrons. The van der Waals surface area contributed by atoms with E-state index in [2.05, 4.69) is 10.3 Å². The number of rotatable bonds is 7. The van der Waals surface area contributed by atoms with Crippen LogP contribution in [-0.2, 0) is 4.79 Å². The molecule has 7 heteroatoms. The molecule has 0 aliphatic rings. The first-order chi connectivity index (χ1) is 16.4. The van der Waals surface area contributed by atoms with Crippen molar-refractivity contribution in [2.24, 2.45) is 0 Å². The van der Waals surface area contributed by atoms with Crippen LogP contribution in [0, 0.1) is 13.8 Å². The third-order valence-electron chi connectivity index (χ3n) is 5.45. The summed E-state index contributed by atoms with van der Waals surface area (Å²) in [6.45, 7) is 3.49. The maximum atomic E-state index is 13.0. The molecule has 0 spiro atoms. The van der Waals surface area contributed by atoms with Gasteiger partial charge in [0.15, 0.2) is 5.16 Å². The summed E-state index contributed by atoms with van der Waals surface area (Å²) in [7, 11) is 0.